The van der Waals surface area contributed by atoms with Gasteiger partial charge in [-0.05, 0) is 84.5 Å². The first kappa shape index (κ1) is 22.4. The fourth-order valence-corrected chi connectivity index (χ4v) is 3.56. The van der Waals surface area contributed by atoms with Crippen LogP contribution in [-0.2, 0) is 19.3 Å². The second-order valence-electron chi connectivity index (χ2n) is 7.89. The Morgan fingerprint density at radius 2 is 1.58 bits per heavy atom. The van der Waals surface area contributed by atoms with Crippen LogP contribution in [0.15, 0.2) is 79.1 Å². The van der Waals surface area contributed by atoms with Gasteiger partial charge in [-0.3, -0.25) is 0 Å². The minimum absolute atomic E-state index is 0.271. The number of benzene rings is 3. The standard InChI is InChI=1S/C29H24F2N2/c1-2-3-4-5-23-19-32-29(33-20-23)15-9-22-7-11-24(28(31)17-22)10-6-21-8-12-26-18-27(30)14-13-25(26)16-21/h2-3,7-8,11-14,16-20H,4-5,9,15H2,1H3/b3-2+. The van der Waals surface area contributed by atoms with Crippen molar-refractivity contribution in [3.05, 3.63) is 119 Å². The minimum Gasteiger partial charge on any atom is -0.241 e. The van der Waals surface area contributed by atoms with Crippen LogP contribution in [0.1, 0.15) is 41.4 Å². The van der Waals surface area contributed by atoms with Crippen LogP contribution in [0.2, 0.25) is 0 Å². The van der Waals surface area contributed by atoms with Crippen molar-refractivity contribution in [1.82, 2.24) is 9.97 Å². The molecule has 1 aromatic heterocycles. The van der Waals surface area contributed by atoms with E-state index in [2.05, 4.69) is 27.9 Å². The van der Waals surface area contributed by atoms with Crippen molar-refractivity contribution in [2.24, 2.45) is 0 Å². The zero-order chi connectivity index (χ0) is 23.0. The van der Waals surface area contributed by atoms with Crippen LogP contribution in [0.5, 0.6) is 0 Å². The summed E-state index contributed by atoms with van der Waals surface area (Å²) in [5, 5.41) is 1.70. The van der Waals surface area contributed by atoms with Crippen molar-refractivity contribution in [2.75, 3.05) is 0 Å². The number of halogens is 2. The van der Waals surface area contributed by atoms with E-state index in [1.807, 2.05) is 49.7 Å². The Labute approximate surface area is 193 Å². The predicted octanol–water partition coefficient (Wildman–Crippen LogP) is 6.60. The van der Waals surface area contributed by atoms with E-state index in [-0.39, 0.29) is 11.6 Å². The van der Waals surface area contributed by atoms with Crippen molar-refractivity contribution < 1.29 is 8.78 Å². The van der Waals surface area contributed by atoms with E-state index in [9.17, 15) is 8.78 Å². The smallest absolute Gasteiger partial charge is 0.139 e. The Kier molecular flexibility index (Phi) is 7.22. The summed E-state index contributed by atoms with van der Waals surface area (Å²) < 4.78 is 27.9. The van der Waals surface area contributed by atoms with Crippen molar-refractivity contribution in [1.29, 1.82) is 0 Å². The maximum absolute atomic E-state index is 14.6. The van der Waals surface area contributed by atoms with Gasteiger partial charge in [-0.15, -0.1) is 0 Å². The van der Waals surface area contributed by atoms with E-state index < -0.39 is 0 Å². The molecule has 0 saturated heterocycles. The monoisotopic (exact) mass is 438 g/mol. The Bertz CT molecular complexity index is 1350. The molecule has 0 saturated carbocycles. The molecule has 0 atom stereocenters. The molecule has 33 heavy (non-hydrogen) atoms. The topological polar surface area (TPSA) is 25.8 Å². The van der Waals surface area contributed by atoms with Crippen LogP contribution in [0, 0.1) is 23.5 Å². The Hall–Kier alpha value is -3.84. The molecule has 0 unspecified atom stereocenters. The van der Waals surface area contributed by atoms with Crippen molar-refractivity contribution >= 4 is 10.8 Å². The van der Waals surface area contributed by atoms with Gasteiger partial charge in [-0.1, -0.05) is 42.2 Å². The molecule has 0 amide bonds. The van der Waals surface area contributed by atoms with E-state index in [0.29, 0.717) is 18.4 Å². The van der Waals surface area contributed by atoms with Crippen molar-refractivity contribution in [2.45, 2.75) is 32.6 Å². The molecule has 0 aliphatic carbocycles. The summed E-state index contributed by atoms with van der Waals surface area (Å²) in [6, 6.07) is 15.2. The Morgan fingerprint density at radius 1 is 0.788 bits per heavy atom. The second-order valence-corrected chi connectivity index (χ2v) is 7.89. The number of aromatic nitrogens is 2. The van der Waals surface area contributed by atoms with Gasteiger partial charge in [-0.25, -0.2) is 18.7 Å². The lowest BCUT2D eigenvalue weighted by Crippen LogP contribution is -2.00. The lowest BCUT2D eigenvalue weighted by atomic mass is 10.0. The van der Waals surface area contributed by atoms with Crippen LogP contribution >= 0.6 is 0 Å². The SMILES string of the molecule is C/C=C/CCc1cnc(CCc2ccc(C#Cc3ccc4cc(F)ccc4c3)c(F)c2)nc1. The van der Waals surface area contributed by atoms with Gasteiger partial charge in [0.15, 0.2) is 0 Å². The van der Waals surface area contributed by atoms with E-state index in [1.165, 1.54) is 18.2 Å². The summed E-state index contributed by atoms with van der Waals surface area (Å²) in [7, 11) is 0. The summed E-state index contributed by atoms with van der Waals surface area (Å²) in [6.07, 6.45) is 11.1. The first-order valence-corrected chi connectivity index (χ1v) is 11.0. The molecule has 3 aromatic carbocycles. The summed E-state index contributed by atoms with van der Waals surface area (Å²) in [5.41, 5.74) is 3.10. The van der Waals surface area contributed by atoms with Gasteiger partial charge in [0.1, 0.15) is 17.5 Å². The van der Waals surface area contributed by atoms with E-state index >= 15 is 0 Å². The van der Waals surface area contributed by atoms with Gasteiger partial charge in [0.25, 0.3) is 0 Å². The Morgan fingerprint density at radius 3 is 2.36 bits per heavy atom. The van der Waals surface area contributed by atoms with Crippen molar-refractivity contribution in [3.8, 4) is 11.8 Å². The maximum atomic E-state index is 14.6. The number of rotatable bonds is 6. The molecular weight excluding hydrogens is 414 g/mol. The van der Waals surface area contributed by atoms with Crippen LogP contribution in [-0.4, -0.2) is 9.97 Å². The molecule has 0 radical (unpaired) electrons. The minimum atomic E-state index is -0.344. The number of allylic oxidation sites excluding steroid dienone is 2. The molecule has 164 valence electrons. The molecule has 0 spiro atoms. The highest BCUT2D eigenvalue weighted by Crippen LogP contribution is 2.17. The molecule has 0 fully saturated rings. The summed E-state index contributed by atoms with van der Waals surface area (Å²) in [4.78, 5) is 8.86. The third-order valence-corrected chi connectivity index (χ3v) is 5.41. The fraction of sp³-hybridized carbons (Fsp3) is 0.172. The zero-order valence-electron chi connectivity index (χ0n) is 18.5. The number of hydrogen-bond donors (Lipinski definition) is 0. The number of fused-ring (bicyclic) bond motifs is 1. The maximum Gasteiger partial charge on any atom is 0.139 e. The molecular formula is C29H24F2N2. The van der Waals surface area contributed by atoms with Gasteiger partial charge in [0, 0.05) is 24.4 Å². The molecule has 2 nitrogen and oxygen atoms in total. The van der Waals surface area contributed by atoms with Gasteiger partial charge in [0.05, 0.1) is 5.56 Å². The summed E-state index contributed by atoms with van der Waals surface area (Å²) >= 11 is 0. The third-order valence-electron chi connectivity index (χ3n) is 5.41. The van der Waals surface area contributed by atoms with Crippen LogP contribution in [0.3, 0.4) is 0 Å². The molecule has 0 N–H and O–H groups in total. The van der Waals surface area contributed by atoms with Crippen LogP contribution < -0.4 is 0 Å². The largest absolute Gasteiger partial charge is 0.241 e. The fourth-order valence-electron chi connectivity index (χ4n) is 3.56. The van der Waals surface area contributed by atoms with E-state index in [1.54, 1.807) is 12.1 Å². The predicted molar refractivity (Wildman–Crippen MR) is 129 cm³/mol. The quantitative estimate of drug-likeness (QED) is 0.250. The number of nitrogens with zero attached hydrogens (tertiary/aromatic N) is 2. The van der Waals surface area contributed by atoms with Gasteiger partial charge in [-0.2, -0.15) is 0 Å². The van der Waals surface area contributed by atoms with Crippen molar-refractivity contribution in [3.63, 3.8) is 0 Å². The molecule has 0 aliphatic heterocycles. The highest BCUT2D eigenvalue weighted by Gasteiger charge is 2.04. The molecule has 1 heterocycles. The van der Waals surface area contributed by atoms with E-state index in [4.69, 9.17) is 0 Å². The lowest BCUT2D eigenvalue weighted by molar-refractivity contribution is 0.621. The normalized spacial score (nSPS) is 11.0. The second kappa shape index (κ2) is 10.7. The molecule has 0 aliphatic rings. The first-order chi connectivity index (χ1) is 16.1. The highest BCUT2D eigenvalue weighted by atomic mass is 19.1. The molecule has 4 heteroatoms. The average molecular weight is 439 g/mol. The summed E-state index contributed by atoms with van der Waals surface area (Å²) in [6.45, 7) is 2.01. The Balaban J connectivity index is 1.39. The van der Waals surface area contributed by atoms with Gasteiger partial charge in [0.2, 0.25) is 0 Å². The highest BCUT2D eigenvalue weighted by molar-refractivity contribution is 5.84. The average Bonchev–Trinajstić information content (AvgIpc) is 2.83. The lowest BCUT2D eigenvalue weighted by Gasteiger charge is -2.04. The van der Waals surface area contributed by atoms with Gasteiger partial charge >= 0.3 is 0 Å². The summed E-state index contributed by atoms with van der Waals surface area (Å²) in [5.74, 6) is 6.05. The van der Waals surface area contributed by atoms with E-state index in [0.717, 1.165) is 46.1 Å². The molecule has 4 aromatic rings. The molecule has 4 rings (SSSR count). The zero-order valence-corrected chi connectivity index (χ0v) is 18.5. The van der Waals surface area contributed by atoms with Gasteiger partial charge < -0.3 is 0 Å². The number of aryl methyl sites for hydroxylation is 3. The van der Waals surface area contributed by atoms with Crippen LogP contribution in [0.4, 0.5) is 8.78 Å². The van der Waals surface area contributed by atoms with Crippen LogP contribution in [0.25, 0.3) is 10.8 Å². The number of hydrogen-bond acceptors (Lipinski definition) is 2. The first-order valence-electron chi connectivity index (χ1n) is 11.0. The molecule has 0 bridgehead atoms. The third kappa shape index (κ3) is 6.11.